The SMILES string of the molecule is CC(C)C(C)(COc1ccc2c(Nc3ccc(Cl)nc3)nccc2c1)NC(=O)OC(C)(C)C. The van der Waals surface area contributed by atoms with Crippen LogP contribution in [0.4, 0.5) is 16.3 Å². The van der Waals surface area contributed by atoms with Crippen molar-refractivity contribution in [2.45, 2.75) is 52.7 Å². The van der Waals surface area contributed by atoms with Gasteiger partial charge in [0, 0.05) is 11.6 Å². The molecule has 3 rings (SSSR count). The van der Waals surface area contributed by atoms with E-state index < -0.39 is 17.2 Å². The van der Waals surface area contributed by atoms with Gasteiger partial charge in [-0.2, -0.15) is 0 Å². The van der Waals surface area contributed by atoms with E-state index in [0.717, 1.165) is 16.5 Å². The molecule has 1 aromatic carbocycles. The molecule has 0 spiro atoms. The average Bonchev–Trinajstić information content (AvgIpc) is 2.72. The van der Waals surface area contributed by atoms with Crippen molar-refractivity contribution in [1.29, 1.82) is 0 Å². The van der Waals surface area contributed by atoms with Crippen LogP contribution in [0.15, 0.2) is 48.8 Å². The van der Waals surface area contributed by atoms with E-state index >= 15 is 0 Å². The molecule has 176 valence electrons. The first-order valence-corrected chi connectivity index (χ1v) is 11.2. The summed E-state index contributed by atoms with van der Waals surface area (Å²) in [6, 6.07) is 11.3. The van der Waals surface area contributed by atoms with Crippen LogP contribution in [0.3, 0.4) is 0 Å². The van der Waals surface area contributed by atoms with Crippen molar-refractivity contribution in [2.75, 3.05) is 11.9 Å². The molecule has 1 unspecified atom stereocenters. The quantitative estimate of drug-likeness (QED) is 0.391. The molecule has 2 aromatic heterocycles. The molecule has 0 bridgehead atoms. The molecule has 1 amide bonds. The van der Waals surface area contributed by atoms with Gasteiger partial charge < -0.3 is 20.1 Å². The second-order valence-corrected chi connectivity index (χ2v) is 9.91. The molecular weight excluding hydrogens is 440 g/mol. The third-order valence-corrected chi connectivity index (χ3v) is 5.55. The van der Waals surface area contributed by atoms with Gasteiger partial charge in [-0.1, -0.05) is 25.4 Å². The van der Waals surface area contributed by atoms with Crippen LogP contribution in [0.25, 0.3) is 10.8 Å². The third kappa shape index (κ3) is 6.71. The Hall–Kier alpha value is -3.06. The number of halogens is 1. The summed E-state index contributed by atoms with van der Waals surface area (Å²) in [5.74, 6) is 1.53. The largest absolute Gasteiger partial charge is 0.491 e. The summed E-state index contributed by atoms with van der Waals surface area (Å²) in [7, 11) is 0. The molecule has 0 fully saturated rings. The Morgan fingerprint density at radius 1 is 1.09 bits per heavy atom. The Balaban J connectivity index is 1.74. The maximum absolute atomic E-state index is 12.4. The van der Waals surface area contributed by atoms with Crippen molar-refractivity contribution < 1.29 is 14.3 Å². The van der Waals surface area contributed by atoms with Crippen molar-refractivity contribution in [1.82, 2.24) is 15.3 Å². The number of amides is 1. The third-order valence-electron chi connectivity index (χ3n) is 5.33. The number of nitrogens with one attached hydrogen (secondary N) is 2. The fraction of sp³-hybridized carbons (Fsp3) is 0.400. The van der Waals surface area contributed by atoms with Crippen molar-refractivity contribution in [3.8, 4) is 5.75 Å². The summed E-state index contributed by atoms with van der Waals surface area (Å²) in [6.07, 6.45) is 2.93. The molecule has 3 aromatic rings. The zero-order valence-electron chi connectivity index (χ0n) is 19.9. The van der Waals surface area contributed by atoms with Gasteiger partial charge in [-0.25, -0.2) is 14.8 Å². The first kappa shape index (κ1) is 24.6. The molecular formula is C25H31ClN4O3. The molecule has 0 radical (unpaired) electrons. The molecule has 2 heterocycles. The standard InChI is InChI=1S/C25H31ClN4O3/c1-16(2)25(6,30-23(31)33-24(3,4)5)15-32-19-8-9-20-17(13-19)11-12-27-22(20)29-18-7-10-21(26)28-14-18/h7-14,16H,15H2,1-6H3,(H,27,29)(H,30,31). The molecule has 8 heteroatoms. The zero-order valence-corrected chi connectivity index (χ0v) is 20.7. The Morgan fingerprint density at radius 3 is 2.48 bits per heavy atom. The van der Waals surface area contributed by atoms with E-state index in [2.05, 4.69) is 20.6 Å². The number of carbonyl (C=O) groups is 1. The maximum atomic E-state index is 12.4. The van der Waals surface area contributed by atoms with Crippen molar-refractivity contribution in [3.05, 3.63) is 53.9 Å². The number of benzene rings is 1. The smallest absolute Gasteiger partial charge is 0.408 e. The summed E-state index contributed by atoms with van der Waals surface area (Å²) in [4.78, 5) is 20.9. The number of alkyl carbamates (subject to hydrolysis) is 1. The van der Waals surface area contributed by atoms with Crippen LogP contribution >= 0.6 is 11.6 Å². The van der Waals surface area contributed by atoms with Gasteiger partial charge in [0.15, 0.2) is 0 Å². The van der Waals surface area contributed by atoms with Crippen LogP contribution in [-0.4, -0.2) is 33.8 Å². The van der Waals surface area contributed by atoms with Gasteiger partial charge in [0.05, 0.1) is 17.4 Å². The van der Waals surface area contributed by atoms with E-state index in [0.29, 0.717) is 23.3 Å². The summed E-state index contributed by atoms with van der Waals surface area (Å²) in [5, 5.41) is 8.59. The highest BCUT2D eigenvalue weighted by molar-refractivity contribution is 6.29. The van der Waals surface area contributed by atoms with Crippen molar-refractivity contribution in [2.24, 2.45) is 5.92 Å². The van der Waals surface area contributed by atoms with Crippen LogP contribution in [-0.2, 0) is 4.74 Å². The van der Waals surface area contributed by atoms with Crippen LogP contribution in [0.2, 0.25) is 5.15 Å². The second kappa shape index (κ2) is 9.83. The second-order valence-electron chi connectivity index (χ2n) is 9.52. The molecule has 0 saturated heterocycles. The van der Waals surface area contributed by atoms with E-state index in [1.54, 1.807) is 18.5 Å². The Morgan fingerprint density at radius 2 is 1.85 bits per heavy atom. The Kier molecular flexibility index (Phi) is 7.32. The van der Waals surface area contributed by atoms with Gasteiger partial charge in [0.25, 0.3) is 0 Å². The van der Waals surface area contributed by atoms with E-state index in [9.17, 15) is 4.79 Å². The lowest BCUT2D eigenvalue weighted by Crippen LogP contribution is -2.55. The van der Waals surface area contributed by atoms with Crippen LogP contribution in [0.5, 0.6) is 5.75 Å². The number of anilines is 2. The lowest BCUT2D eigenvalue weighted by molar-refractivity contribution is 0.0378. The number of fused-ring (bicyclic) bond motifs is 1. The minimum Gasteiger partial charge on any atom is -0.491 e. The monoisotopic (exact) mass is 470 g/mol. The predicted octanol–water partition coefficient (Wildman–Crippen LogP) is 6.35. The molecule has 33 heavy (non-hydrogen) atoms. The summed E-state index contributed by atoms with van der Waals surface area (Å²) in [6.45, 7) is 11.8. The number of ether oxygens (including phenoxy) is 2. The fourth-order valence-electron chi connectivity index (χ4n) is 3.05. The molecule has 1 atom stereocenters. The van der Waals surface area contributed by atoms with Gasteiger partial charge in [0.2, 0.25) is 0 Å². The highest BCUT2D eigenvalue weighted by atomic mass is 35.5. The zero-order chi connectivity index (χ0) is 24.2. The highest BCUT2D eigenvalue weighted by Crippen LogP contribution is 2.29. The first-order valence-electron chi connectivity index (χ1n) is 10.9. The van der Waals surface area contributed by atoms with E-state index in [1.807, 2.05) is 71.9 Å². The minimum absolute atomic E-state index is 0.124. The van der Waals surface area contributed by atoms with Gasteiger partial charge in [0.1, 0.15) is 28.9 Å². The molecule has 2 N–H and O–H groups in total. The minimum atomic E-state index is -0.607. The summed E-state index contributed by atoms with van der Waals surface area (Å²) >= 11 is 5.87. The number of carbonyl (C=O) groups excluding carboxylic acids is 1. The van der Waals surface area contributed by atoms with E-state index in [4.69, 9.17) is 21.1 Å². The van der Waals surface area contributed by atoms with Crippen molar-refractivity contribution >= 4 is 40.0 Å². The predicted molar refractivity (Wildman–Crippen MR) is 132 cm³/mol. The number of pyridine rings is 2. The molecule has 0 aliphatic carbocycles. The molecule has 0 aliphatic rings. The lowest BCUT2D eigenvalue weighted by Gasteiger charge is -2.35. The molecule has 0 saturated carbocycles. The maximum Gasteiger partial charge on any atom is 0.408 e. The topological polar surface area (TPSA) is 85.4 Å². The number of nitrogens with zero attached hydrogens (tertiary/aromatic N) is 2. The number of hydrogen-bond acceptors (Lipinski definition) is 6. The Bertz CT molecular complexity index is 1110. The van der Waals surface area contributed by atoms with Crippen LogP contribution in [0.1, 0.15) is 41.5 Å². The van der Waals surface area contributed by atoms with Gasteiger partial charge in [-0.3, -0.25) is 0 Å². The molecule has 0 aliphatic heterocycles. The Labute approximate surface area is 199 Å². The number of rotatable bonds is 7. The summed E-state index contributed by atoms with van der Waals surface area (Å²) in [5.41, 5.74) is -0.381. The van der Waals surface area contributed by atoms with Gasteiger partial charge in [-0.15, -0.1) is 0 Å². The lowest BCUT2D eigenvalue weighted by atomic mass is 9.89. The van der Waals surface area contributed by atoms with E-state index in [1.165, 1.54) is 0 Å². The first-order chi connectivity index (χ1) is 15.4. The van der Waals surface area contributed by atoms with Crippen LogP contribution in [0, 0.1) is 5.92 Å². The number of aromatic nitrogens is 2. The fourth-order valence-corrected chi connectivity index (χ4v) is 3.16. The highest BCUT2D eigenvalue weighted by Gasteiger charge is 2.33. The normalized spacial score (nSPS) is 13.5. The van der Waals surface area contributed by atoms with Crippen molar-refractivity contribution in [3.63, 3.8) is 0 Å². The summed E-state index contributed by atoms with van der Waals surface area (Å²) < 4.78 is 11.5. The van der Waals surface area contributed by atoms with Crippen LogP contribution < -0.4 is 15.4 Å². The molecule has 7 nitrogen and oxygen atoms in total. The average molecular weight is 471 g/mol. The van der Waals surface area contributed by atoms with Gasteiger partial charge in [-0.05, 0) is 75.4 Å². The van der Waals surface area contributed by atoms with E-state index in [-0.39, 0.29) is 5.92 Å². The van der Waals surface area contributed by atoms with Gasteiger partial charge >= 0.3 is 6.09 Å². The number of hydrogen-bond donors (Lipinski definition) is 2.